The third-order valence-corrected chi connectivity index (χ3v) is 4.72. The normalized spacial score (nSPS) is 14.8. The van der Waals surface area contributed by atoms with Crippen LogP contribution in [0, 0.1) is 11.6 Å². The minimum absolute atomic E-state index is 0.0253. The number of nitrogens with zero attached hydrogens (tertiary/aromatic N) is 2. The van der Waals surface area contributed by atoms with Crippen molar-refractivity contribution in [2.75, 3.05) is 0 Å². The predicted octanol–water partition coefficient (Wildman–Crippen LogP) is 4.52. The second-order valence-corrected chi connectivity index (χ2v) is 6.44. The van der Waals surface area contributed by atoms with Crippen LogP contribution in [-0.2, 0) is 0 Å². The van der Waals surface area contributed by atoms with E-state index in [1.807, 2.05) is 0 Å². The lowest BCUT2D eigenvalue weighted by Gasteiger charge is -2.24. The van der Waals surface area contributed by atoms with Crippen molar-refractivity contribution in [1.82, 2.24) is 9.88 Å². The molecule has 1 aliphatic heterocycles. The van der Waals surface area contributed by atoms with Crippen molar-refractivity contribution in [1.29, 1.82) is 0 Å². The van der Waals surface area contributed by atoms with Crippen molar-refractivity contribution in [3.05, 3.63) is 75.9 Å². The van der Waals surface area contributed by atoms with E-state index in [1.165, 1.54) is 31.3 Å². The summed E-state index contributed by atoms with van der Waals surface area (Å²) in [7, 11) is 0. The summed E-state index contributed by atoms with van der Waals surface area (Å²) >= 11 is 5.86. The molecule has 0 aliphatic carbocycles. The van der Waals surface area contributed by atoms with Crippen molar-refractivity contribution < 1.29 is 18.4 Å². The van der Waals surface area contributed by atoms with Gasteiger partial charge in [-0.3, -0.25) is 19.5 Å². The molecule has 26 heavy (non-hydrogen) atoms. The van der Waals surface area contributed by atoms with E-state index in [9.17, 15) is 14.0 Å². The van der Waals surface area contributed by atoms with E-state index in [2.05, 4.69) is 4.98 Å². The molecular formula is C19H11ClF2N2O2. The van der Waals surface area contributed by atoms with Gasteiger partial charge in [-0.2, -0.15) is 0 Å². The Labute approximate surface area is 152 Å². The summed E-state index contributed by atoms with van der Waals surface area (Å²) in [6.07, 6.45) is 1.29. The Hall–Kier alpha value is -2.86. The molecule has 0 saturated carbocycles. The molecule has 0 radical (unpaired) electrons. The average Bonchev–Trinajstić information content (AvgIpc) is 2.87. The molecule has 0 spiro atoms. The first-order valence-electron chi connectivity index (χ1n) is 7.80. The van der Waals surface area contributed by atoms with Gasteiger partial charge < -0.3 is 0 Å². The Morgan fingerprint density at radius 1 is 1.08 bits per heavy atom. The number of amides is 2. The molecule has 2 amide bonds. The third-order valence-electron chi connectivity index (χ3n) is 4.51. The lowest BCUT2D eigenvalue weighted by molar-refractivity contribution is 0.0591. The quantitative estimate of drug-likeness (QED) is 0.621. The maximum atomic E-state index is 15.0. The summed E-state index contributed by atoms with van der Waals surface area (Å²) in [6, 6.07) is 7.55. The van der Waals surface area contributed by atoms with Crippen LogP contribution in [0.1, 0.15) is 39.2 Å². The highest BCUT2D eigenvalue weighted by atomic mass is 35.5. The molecule has 4 rings (SSSR count). The highest BCUT2D eigenvalue weighted by Gasteiger charge is 2.40. The van der Waals surface area contributed by atoms with E-state index in [-0.39, 0.29) is 32.6 Å². The van der Waals surface area contributed by atoms with Crippen LogP contribution >= 0.6 is 11.6 Å². The van der Waals surface area contributed by atoms with Crippen LogP contribution in [0.15, 0.2) is 42.6 Å². The third kappa shape index (κ3) is 2.29. The van der Waals surface area contributed by atoms with Crippen LogP contribution in [-0.4, -0.2) is 21.7 Å². The Balaban J connectivity index is 1.86. The van der Waals surface area contributed by atoms with E-state index >= 15 is 4.39 Å². The number of halogens is 3. The number of rotatable bonds is 2. The molecule has 1 atom stereocenters. The number of hydrogen-bond donors (Lipinski definition) is 0. The van der Waals surface area contributed by atoms with Crippen molar-refractivity contribution in [3.8, 4) is 0 Å². The molecule has 1 unspecified atom stereocenters. The summed E-state index contributed by atoms with van der Waals surface area (Å²) in [4.78, 5) is 30.0. The smallest absolute Gasteiger partial charge is 0.262 e. The standard InChI is InChI=1S/C19H11ClF2N2O2/c1-9(24-18(25)11-4-2-3-5-12(11)19(24)26)16-14(21)7-15-13(17(16)22)6-10(20)8-23-15/h2-9H,1H3. The molecule has 0 saturated heterocycles. The van der Waals surface area contributed by atoms with Gasteiger partial charge in [-0.25, -0.2) is 8.78 Å². The topological polar surface area (TPSA) is 50.3 Å². The van der Waals surface area contributed by atoms with Crippen LogP contribution in [0.4, 0.5) is 8.78 Å². The first-order chi connectivity index (χ1) is 12.4. The number of pyridine rings is 1. The lowest BCUT2D eigenvalue weighted by atomic mass is 10.0. The fourth-order valence-corrected chi connectivity index (χ4v) is 3.42. The van der Waals surface area contributed by atoms with Crippen molar-refractivity contribution in [3.63, 3.8) is 0 Å². The maximum Gasteiger partial charge on any atom is 0.262 e. The summed E-state index contributed by atoms with van der Waals surface area (Å²) in [5, 5.41) is 0.222. The molecule has 1 aliphatic rings. The van der Waals surface area contributed by atoms with E-state index in [4.69, 9.17) is 11.6 Å². The van der Waals surface area contributed by atoms with Crippen LogP contribution in [0.3, 0.4) is 0 Å². The minimum atomic E-state index is -1.13. The van der Waals surface area contributed by atoms with Gasteiger partial charge in [-0.1, -0.05) is 23.7 Å². The molecule has 4 nitrogen and oxygen atoms in total. The van der Waals surface area contributed by atoms with Crippen LogP contribution < -0.4 is 0 Å². The predicted molar refractivity (Wildman–Crippen MR) is 92.0 cm³/mol. The summed E-state index contributed by atoms with van der Waals surface area (Å²) in [6.45, 7) is 1.41. The van der Waals surface area contributed by atoms with Crippen molar-refractivity contribution in [2.45, 2.75) is 13.0 Å². The van der Waals surface area contributed by atoms with E-state index in [1.54, 1.807) is 12.1 Å². The second kappa shape index (κ2) is 5.85. The van der Waals surface area contributed by atoms with Gasteiger partial charge in [0, 0.05) is 23.2 Å². The van der Waals surface area contributed by atoms with Crippen LogP contribution in [0.2, 0.25) is 5.02 Å². The number of fused-ring (bicyclic) bond motifs is 2. The number of imide groups is 1. The Bertz CT molecular complexity index is 1070. The van der Waals surface area contributed by atoms with Gasteiger partial charge in [0.25, 0.3) is 11.8 Å². The summed E-state index contributed by atoms with van der Waals surface area (Å²) in [5.74, 6) is -2.93. The fourth-order valence-electron chi connectivity index (χ4n) is 3.26. The molecular weight excluding hydrogens is 362 g/mol. The van der Waals surface area contributed by atoms with Crippen molar-refractivity contribution >= 4 is 34.3 Å². The zero-order chi connectivity index (χ0) is 18.6. The molecule has 0 N–H and O–H groups in total. The maximum absolute atomic E-state index is 15.0. The number of carbonyl (C=O) groups is 2. The number of hydrogen-bond acceptors (Lipinski definition) is 3. The Morgan fingerprint density at radius 3 is 2.31 bits per heavy atom. The van der Waals surface area contributed by atoms with Gasteiger partial charge in [0.15, 0.2) is 0 Å². The van der Waals surface area contributed by atoms with E-state index in [0.717, 1.165) is 11.0 Å². The summed E-state index contributed by atoms with van der Waals surface area (Å²) < 4.78 is 29.6. The van der Waals surface area contributed by atoms with Crippen molar-refractivity contribution in [2.24, 2.45) is 0 Å². The first kappa shape index (κ1) is 16.6. The largest absolute Gasteiger partial charge is 0.269 e. The Kier molecular flexibility index (Phi) is 3.73. The molecule has 130 valence electrons. The lowest BCUT2D eigenvalue weighted by Crippen LogP contribution is -2.33. The monoisotopic (exact) mass is 372 g/mol. The molecule has 0 bridgehead atoms. The number of carbonyl (C=O) groups excluding carboxylic acids is 2. The summed E-state index contributed by atoms with van der Waals surface area (Å²) in [5.41, 5.74) is 0.158. The van der Waals surface area contributed by atoms with E-state index in [0.29, 0.717) is 0 Å². The second-order valence-electron chi connectivity index (χ2n) is 6.01. The SMILES string of the molecule is CC(c1c(F)cc2ncc(Cl)cc2c1F)N1C(=O)c2ccccc2C1=O. The zero-order valence-electron chi connectivity index (χ0n) is 13.5. The van der Waals surface area contributed by atoms with Gasteiger partial charge in [-0.05, 0) is 25.1 Å². The highest BCUT2D eigenvalue weighted by molar-refractivity contribution is 6.31. The zero-order valence-corrected chi connectivity index (χ0v) is 14.2. The van der Waals surface area contributed by atoms with Gasteiger partial charge >= 0.3 is 0 Å². The van der Waals surface area contributed by atoms with Gasteiger partial charge in [0.2, 0.25) is 0 Å². The Morgan fingerprint density at radius 2 is 1.69 bits per heavy atom. The molecule has 7 heteroatoms. The minimum Gasteiger partial charge on any atom is -0.269 e. The molecule has 3 aromatic rings. The molecule has 1 aromatic heterocycles. The first-order valence-corrected chi connectivity index (χ1v) is 8.18. The molecule has 2 aromatic carbocycles. The van der Waals surface area contributed by atoms with Gasteiger partial charge in [0.1, 0.15) is 11.6 Å². The average molecular weight is 373 g/mol. The van der Waals surface area contributed by atoms with Crippen LogP contribution in [0.5, 0.6) is 0 Å². The van der Waals surface area contributed by atoms with Gasteiger partial charge in [-0.15, -0.1) is 0 Å². The van der Waals surface area contributed by atoms with Gasteiger partial charge in [0.05, 0.1) is 27.7 Å². The highest BCUT2D eigenvalue weighted by Crippen LogP contribution is 2.35. The molecule has 2 heterocycles. The fraction of sp³-hybridized carbons (Fsp3) is 0.105. The van der Waals surface area contributed by atoms with Crippen LogP contribution in [0.25, 0.3) is 10.9 Å². The number of aromatic nitrogens is 1. The number of benzene rings is 2. The molecule has 0 fully saturated rings. The van der Waals surface area contributed by atoms with E-state index < -0.39 is 29.5 Å².